The second-order valence-electron chi connectivity index (χ2n) is 5.87. The fourth-order valence-corrected chi connectivity index (χ4v) is 2.85. The van der Waals surface area contributed by atoms with E-state index in [1.165, 1.54) is 31.2 Å². The summed E-state index contributed by atoms with van der Waals surface area (Å²) in [7, 11) is 0. The van der Waals surface area contributed by atoms with Gasteiger partial charge in [0.25, 0.3) is 0 Å². The zero-order chi connectivity index (χ0) is 13.6. The Kier molecular flexibility index (Phi) is 2.84. The summed E-state index contributed by atoms with van der Waals surface area (Å²) >= 11 is 3.48. The van der Waals surface area contributed by atoms with Gasteiger partial charge in [0, 0.05) is 22.4 Å². The molecule has 0 bridgehead atoms. The molecule has 0 atom stereocenters. The van der Waals surface area contributed by atoms with E-state index < -0.39 is 0 Å². The van der Waals surface area contributed by atoms with Gasteiger partial charge in [-0.3, -0.25) is 0 Å². The number of hydrogen-bond acceptors (Lipinski definition) is 4. The third kappa shape index (κ3) is 2.35. The van der Waals surface area contributed by atoms with Crippen LogP contribution in [0.4, 0.5) is 6.01 Å². The van der Waals surface area contributed by atoms with Crippen LogP contribution < -0.4 is 5.32 Å². The van der Waals surface area contributed by atoms with Crippen molar-refractivity contribution in [2.75, 3.05) is 11.9 Å². The van der Waals surface area contributed by atoms with Gasteiger partial charge in [-0.15, -0.1) is 0 Å². The minimum absolute atomic E-state index is 0.245. The standard InChI is InChI=1S/C15H16BrN3O/c16-12-5-3-11(4-6-12)15(7-8-15)9-17-14-18-13(19-20-14)10-1-2-10/h3-6,10H,1-2,7-9H2,(H,17,18,19). The summed E-state index contributed by atoms with van der Waals surface area (Å²) in [4.78, 5) is 4.41. The highest BCUT2D eigenvalue weighted by molar-refractivity contribution is 9.10. The summed E-state index contributed by atoms with van der Waals surface area (Å²) in [5.41, 5.74) is 1.63. The molecule has 0 spiro atoms. The minimum Gasteiger partial charge on any atom is -0.337 e. The van der Waals surface area contributed by atoms with Crippen LogP contribution in [-0.2, 0) is 5.41 Å². The molecule has 0 radical (unpaired) electrons. The molecule has 0 saturated heterocycles. The molecule has 5 heteroatoms. The summed E-state index contributed by atoms with van der Waals surface area (Å²) in [5, 5.41) is 7.34. The first-order valence-corrected chi connectivity index (χ1v) is 7.88. The van der Waals surface area contributed by atoms with E-state index in [1.807, 2.05) is 0 Å². The van der Waals surface area contributed by atoms with Crippen molar-refractivity contribution < 1.29 is 4.52 Å². The van der Waals surface area contributed by atoms with Crippen LogP contribution in [0.1, 0.15) is 43.0 Å². The zero-order valence-electron chi connectivity index (χ0n) is 11.1. The monoisotopic (exact) mass is 333 g/mol. The lowest BCUT2D eigenvalue weighted by Crippen LogP contribution is -2.19. The van der Waals surface area contributed by atoms with E-state index in [2.05, 4.69) is 55.7 Å². The molecule has 2 aliphatic carbocycles. The Labute approximate surface area is 126 Å². The van der Waals surface area contributed by atoms with Crippen LogP contribution >= 0.6 is 15.9 Å². The van der Waals surface area contributed by atoms with Gasteiger partial charge in [-0.1, -0.05) is 33.2 Å². The van der Waals surface area contributed by atoms with Gasteiger partial charge in [0.2, 0.25) is 0 Å². The van der Waals surface area contributed by atoms with Crippen molar-refractivity contribution in [1.29, 1.82) is 0 Å². The Hall–Kier alpha value is -1.36. The average Bonchev–Trinajstić information content (AvgIpc) is 3.38. The molecule has 4 rings (SSSR count). The Bertz CT molecular complexity index is 614. The molecule has 2 fully saturated rings. The van der Waals surface area contributed by atoms with Gasteiger partial charge in [0.05, 0.1) is 0 Å². The van der Waals surface area contributed by atoms with Crippen LogP contribution in [0.2, 0.25) is 0 Å². The highest BCUT2D eigenvalue weighted by Crippen LogP contribution is 2.48. The molecule has 0 aliphatic heterocycles. The highest BCUT2D eigenvalue weighted by Gasteiger charge is 2.44. The van der Waals surface area contributed by atoms with Crippen LogP contribution in [0.5, 0.6) is 0 Å². The number of benzene rings is 1. The second kappa shape index (κ2) is 4.58. The molecule has 2 aromatic rings. The molecule has 2 aliphatic rings. The van der Waals surface area contributed by atoms with Crippen molar-refractivity contribution in [2.24, 2.45) is 0 Å². The van der Waals surface area contributed by atoms with E-state index in [0.29, 0.717) is 11.9 Å². The topological polar surface area (TPSA) is 51.0 Å². The van der Waals surface area contributed by atoms with E-state index >= 15 is 0 Å². The third-order valence-corrected chi connectivity index (χ3v) is 4.80. The van der Waals surface area contributed by atoms with Crippen molar-refractivity contribution >= 4 is 21.9 Å². The molecular weight excluding hydrogens is 318 g/mol. The Balaban J connectivity index is 1.43. The maximum Gasteiger partial charge on any atom is 0.321 e. The minimum atomic E-state index is 0.245. The Morgan fingerprint density at radius 1 is 1.25 bits per heavy atom. The fourth-order valence-electron chi connectivity index (χ4n) is 2.58. The molecule has 1 aromatic carbocycles. The van der Waals surface area contributed by atoms with E-state index in [-0.39, 0.29) is 5.41 Å². The van der Waals surface area contributed by atoms with Crippen LogP contribution in [0.3, 0.4) is 0 Å². The Morgan fingerprint density at radius 3 is 2.65 bits per heavy atom. The Morgan fingerprint density at radius 2 is 2.00 bits per heavy atom. The van der Waals surface area contributed by atoms with Crippen molar-refractivity contribution in [1.82, 2.24) is 10.1 Å². The molecule has 1 N–H and O–H groups in total. The molecule has 2 saturated carbocycles. The SMILES string of the molecule is Brc1ccc(C2(CNc3nc(C4CC4)no3)CC2)cc1. The number of anilines is 1. The highest BCUT2D eigenvalue weighted by atomic mass is 79.9. The largest absolute Gasteiger partial charge is 0.337 e. The number of aromatic nitrogens is 2. The molecule has 0 amide bonds. The van der Waals surface area contributed by atoms with E-state index in [9.17, 15) is 0 Å². The first-order valence-electron chi connectivity index (χ1n) is 7.09. The number of nitrogens with one attached hydrogen (secondary N) is 1. The van der Waals surface area contributed by atoms with Gasteiger partial charge in [0.1, 0.15) is 0 Å². The lowest BCUT2D eigenvalue weighted by atomic mass is 9.96. The first-order chi connectivity index (χ1) is 9.75. The van der Waals surface area contributed by atoms with Crippen molar-refractivity contribution in [3.63, 3.8) is 0 Å². The second-order valence-corrected chi connectivity index (χ2v) is 6.79. The number of nitrogens with zero attached hydrogens (tertiary/aromatic N) is 2. The van der Waals surface area contributed by atoms with Gasteiger partial charge in [-0.25, -0.2) is 0 Å². The summed E-state index contributed by atoms with van der Waals surface area (Å²) in [5.74, 6) is 1.40. The predicted molar refractivity (Wildman–Crippen MR) is 79.8 cm³/mol. The average molecular weight is 334 g/mol. The molecule has 4 nitrogen and oxygen atoms in total. The molecule has 0 unspecified atom stereocenters. The van der Waals surface area contributed by atoms with Gasteiger partial charge in [0.15, 0.2) is 5.82 Å². The maximum absolute atomic E-state index is 5.26. The first kappa shape index (κ1) is 12.4. The van der Waals surface area contributed by atoms with Crippen LogP contribution in [-0.4, -0.2) is 16.7 Å². The zero-order valence-corrected chi connectivity index (χ0v) is 12.7. The molecule has 104 valence electrons. The van der Waals surface area contributed by atoms with E-state index in [4.69, 9.17) is 4.52 Å². The van der Waals surface area contributed by atoms with Crippen molar-refractivity contribution in [2.45, 2.75) is 37.0 Å². The van der Waals surface area contributed by atoms with Crippen LogP contribution in [0, 0.1) is 0 Å². The van der Waals surface area contributed by atoms with Crippen molar-refractivity contribution in [3.8, 4) is 0 Å². The van der Waals surface area contributed by atoms with Gasteiger partial charge in [-0.2, -0.15) is 4.98 Å². The normalized spacial score (nSPS) is 19.9. The lowest BCUT2D eigenvalue weighted by Gasteiger charge is -2.15. The third-order valence-electron chi connectivity index (χ3n) is 4.27. The molecule has 1 heterocycles. The van der Waals surface area contributed by atoms with Crippen LogP contribution in [0.15, 0.2) is 33.3 Å². The summed E-state index contributed by atoms with van der Waals surface area (Å²) in [6.07, 6.45) is 4.82. The molecule has 20 heavy (non-hydrogen) atoms. The molecule has 1 aromatic heterocycles. The quantitative estimate of drug-likeness (QED) is 0.902. The lowest BCUT2D eigenvalue weighted by molar-refractivity contribution is 0.421. The summed E-state index contributed by atoms with van der Waals surface area (Å²) in [6.45, 7) is 0.862. The van der Waals surface area contributed by atoms with E-state index in [0.717, 1.165) is 16.8 Å². The van der Waals surface area contributed by atoms with Crippen LogP contribution in [0.25, 0.3) is 0 Å². The van der Waals surface area contributed by atoms with E-state index in [1.54, 1.807) is 0 Å². The number of hydrogen-bond donors (Lipinski definition) is 1. The summed E-state index contributed by atoms with van der Waals surface area (Å²) in [6, 6.07) is 9.17. The van der Waals surface area contributed by atoms with Crippen molar-refractivity contribution in [3.05, 3.63) is 40.1 Å². The maximum atomic E-state index is 5.26. The smallest absolute Gasteiger partial charge is 0.321 e. The number of rotatable bonds is 5. The molecular formula is C15H16BrN3O. The fraction of sp³-hybridized carbons (Fsp3) is 0.467. The summed E-state index contributed by atoms with van der Waals surface area (Å²) < 4.78 is 6.39. The van der Waals surface area contributed by atoms with Gasteiger partial charge >= 0.3 is 6.01 Å². The van der Waals surface area contributed by atoms with Gasteiger partial charge < -0.3 is 9.84 Å². The number of halogens is 1. The van der Waals surface area contributed by atoms with Gasteiger partial charge in [-0.05, 0) is 43.4 Å². The predicted octanol–water partition coefficient (Wildman–Crippen LogP) is 3.85.